The lowest BCUT2D eigenvalue weighted by Gasteiger charge is -2.09. The van der Waals surface area contributed by atoms with Crippen molar-refractivity contribution >= 4 is 5.57 Å². The molecule has 0 unspecified atom stereocenters. The monoisotopic (exact) mass is 276 g/mol. The van der Waals surface area contributed by atoms with Crippen LogP contribution in [-0.4, -0.2) is 0 Å². The number of nitrogens with two attached hydrogens (primary N) is 2. The summed E-state index contributed by atoms with van der Waals surface area (Å²) in [5, 5.41) is 0. The second-order valence-electron chi connectivity index (χ2n) is 4.91. The zero-order valence-corrected chi connectivity index (χ0v) is 12.2. The third-order valence-electron chi connectivity index (χ3n) is 3.18. The molecule has 4 N–H and O–H groups in total. The van der Waals surface area contributed by atoms with Gasteiger partial charge in [-0.25, -0.2) is 0 Å². The minimum Gasteiger partial charge on any atom is -0.402 e. The smallest absolute Gasteiger partial charge is 0.0388 e. The fourth-order valence-electron chi connectivity index (χ4n) is 2.17. The fraction of sp³-hybridized carbons (Fsp3) is 0.0526. The molecule has 0 aliphatic rings. The molecule has 0 bridgehead atoms. The Balaban J connectivity index is 2.54. The van der Waals surface area contributed by atoms with Gasteiger partial charge in [0.05, 0.1) is 0 Å². The minimum atomic E-state index is 0.616. The molecule has 0 radical (unpaired) electrons. The van der Waals surface area contributed by atoms with Crippen LogP contribution >= 0.6 is 0 Å². The van der Waals surface area contributed by atoms with Crippen LogP contribution in [0.5, 0.6) is 0 Å². The SMILES string of the molecule is C=C/C(N)=C(\C=C(/C)N)c1cccc(-c2ccccc2)c1. The topological polar surface area (TPSA) is 52.0 Å². The van der Waals surface area contributed by atoms with Crippen LogP contribution < -0.4 is 11.5 Å². The second-order valence-corrected chi connectivity index (χ2v) is 4.91. The molecule has 2 rings (SSSR count). The van der Waals surface area contributed by atoms with Crippen molar-refractivity contribution in [3.63, 3.8) is 0 Å². The molecule has 0 aliphatic carbocycles. The molecule has 2 aromatic rings. The minimum absolute atomic E-state index is 0.616. The number of hydrogen-bond acceptors (Lipinski definition) is 2. The van der Waals surface area contributed by atoms with Crippen molar-refractivity contribution in [1.82, 2.24) is 0 Å². The van der Waals surface area contributed by atoms with Gasteiger partial charge in [0.1, 0.15) is 0 Å². The van der Waals surface area contributed by atoms with Crippen molar-refractivity contribution in [1.29, 1.82) is 0 Å². The average Bonchev–Trinajstić information content (AvgIpc) is 2.52. The zero-order chi connectivity index (χ0) is 15.2. The van der Waals surface area contributed by atoms with Gasteiger partial charge in [-0.15, -0.1) is 0 Å². The lowest BCUT2D eigenvalue weighted by molar-refractivity contribution is 1.31. The summed E-state index contributed by atoms with van der Waals surface area (Å²) in [4.78, 5) is 0. The van der Waals surface area contributed by atoms with Gasteiger partial charge in [0.2, 0.25) is 0 Å². The van der Waals surface area contributed by atoms with E-state index in [0.717, 1.165) is 16.7 Å². The summed E-state index contributed by atoms with van der Waals surface area (Å²) in [5.74, 6) is 0. The molecule has 0 aromatic heterocycles. The molecule has 21 heavy (non-hydrogen) atoms. The van der Waals surface area contributed by atoms with E-state index in [2.05, 4.69) is 30.8 Å². The highest BCUT2D eigenvalue weighted by atomic mass is 14.6. The molecule has 0 amide bonds. The Labute approximate surface area is 126 Å². The van der Waals surface area contributed by atoms with Gasteiger partial charge in [-0.05, 0) is 41.8 Å². The van der Waals surface area contributed by atoms with E-state index in [1.165, 1.54) is 5.56 Å². The van der Waals surface area contributed by atoms with Crippen LogP contribution in [-0.2, 0) is 0 Å². The number of hydrogen-bond donors (Lipinski definition) is 2. The van der Waals surface area contributed by atoms with E-state index < -0.39 is 0 Å². The first kappa shape index (κ1) is 14.7. The standard InChI is InChI=1S/C19H20N2/c1-3-19(21)18(12-14(2)20)17-11-7-10-16(13-17)15-8-5-4-6-9-15/h3-13H,1,20-21H2,2H3/b14-12+,19-18-. The van der Waals surface area contributed by atoms with Crippen LogP contribution in [0.3, 0.4) is 0 Å². The van der Waals surface area contributed by atoms with Crippen molar-refractivity contribution in [2.24, 2.45) is 11.5 Å². The Bertz CT molecular complexity index is 691. The van der Waals surface area contributed by atoms with E-state index in [-0.39, 0.29) is 0 Å². The van der Waals surface area contributed by atoms with Gasteiger partial charge < -0.3 is 11.5 Å². The maximum absolute atomic E-state index is 6.05. The van der Waals surface area contributed by atoms with Crippen molar-refractivity contribution in [2.45, 2.75) is 6.92 Å². The van der Waals surface area contributed by atoms with Crippen LogP contribution in [0.4, 0.5) is 0 Å². The molecule has 106 valence electrons. The fourth-order valence-corrected chi connectivity index (χ4v) is 2.17. The average molecular weight is 276 g/mol. The van der Waals surface area contributed by atoms with Crippen molar-refractivity contribution in [2.75, 3.05) is 0 Å². The largest absolute Gasteiger partial charge is 0.402 e. The summed E-state index contributed by atoms with van der Waals surface area (Å²) in [6.07, 6.45) is 3.52. The Morgan fingerprint density at radius 2 is 1.62 bits per heavy atom. The summed E-state index contributed by atoms with van der Waals surface area (Å²) >= 11 is 0. The molecule has 0 saturated carbocycles. The quantitative estimate of drug-likeness (QED) is 0.827. The third kappa shape index (κ3) is 3.63. The van der Waals surface area contributed by atoms with Gasteiger partial charge in [-0.2, -0.15) is 0 Å². The summed E-state index contributed by atoms with van der Waals surface area (Å²) in [6.45, 7) is 5.59. The molecule has 0 aliphatic heterocycles. The van der Waals surface area contributed by atoms with E-state index in [4.69, 9.17) is 11.5 Å². The van der Waals surface area contributed by atoms with Gasteiger partial charge in [0.25, 0.3) is 0 Å². The van der Waals surface area contributed by atoms with Crippen molar-refractivity contribution in [3.8, 4) is 11.1 Å². The maximum Gasteiger partial charge on any atom is 0.0388 e. The maximum atomic E-state index is 6.05. The molecule has 0 heterocycles. The molecular weight excluding hydrogens is 256 g/mol. The number of allylic oxidation sites excluding steroid dienone is 4. The van der Waals surface area contributed by atoms with Gasteiger partial charge in [-0.3, -0.25) is 0 Å². The van der Waals surface area contributed by atoms with Gasteiger partial charge in [0, 0.05) is 17.0 Å². The molecule has 0 saturated heterocycles. The van der Waals surface area contributed by atoms with Gasteiger partial charge in [0.15, 0.2) is 0 Å². The molecule has 2 aromatic carbocycles. The molecule has 0 atom stereocenters. The van der Waals surface area contributed by atoms with E-state index in [9.17, 15) is 0 Å². The lowest BCUT2D eigenvalue weighted by atomic mass is 9.97. The predicted molar refractivity (Wildman–Crippen MR) is 91.1 cm³/mol. The highest BCUT2D eigenvalue weighted by Gasteiger charge is 2.05. The summed E-state index contributed by atoms with van der Waals surface area (Å²) in [6, 6.07) is 18.5. The van der Waals surface area contributed by atoms with Gasteiger partial charge >= 0.3 is 0 Å². The lowest BCUT2D eigenvalue weighted by Crippen LogP contribution is -2.00. The highest BCUT2D eigenvalue weighted by molar-refractivity contribution is 5.81. The van der Waals surface area contributed by atoms with Crippen LogP contribution in [0.25, 0.3) is 16.7 Å². The molecule has 2 heteroatoms. The first-order valence-electron chi connectivity index (χ1n) is 6.83. The van der Waals surface area contributed by atoms with E-state index in [1.807, 2.05) is 43.3 Å². The van der Waals surface area contributed by atoms with Crippen LogP contribution in [0, 0.1) is 0 Å². The first-order chi connectivity index (χ1) is 10.1. The van der Waals surface area contributed by atoms with E-state index in [1.54, 1.807) is 6.08 Å². The highest BCUT2D eigenvalue weighted by Crippen LogP contribution is 2.26. The third-order valence-corrected chi connectivity index (χ3v) is 3.18. The van der Waals surface area contributed by atoms with Crippen molar-refractivity contribution < 1.29 is 0 Å². The molecule has 0 fully saturated rings. The number of benzene rings is 2. The number of rotatable bonds is 4. The van der Waals surface area contributed by atoms with Gasteiger partial charge in [-0.1, -0.05) is 55.1 Å². The van der Waals surface area contributed by atoms with E-state index >= 15 is 0 Å². The molecular formula is C19H20N2. The summed E-state index contributed by atoms with van der Waals surface area (Å²) in [5.41, 5.74) is 17.4. The first-order valence-corrected chi connectivity index (χ1v) is 6.83. The molecule has 0 spiro atoms. The predicted octanol–water partition coefficient (Wildman–Crippen LogP) is 4.07. The van der Waals surface area contributed by atoms with E-state index in [0.29, 0.717) is 11.4 Å². The van der Waals surface area contributed by atoms with Crippen LogP contribution in [0.1, 0.15) is 12.5 Å². The molecule has 2 nitrogen and oxygen atoms in total. The Hall–Kier alpha value is -2.74. The Morgan fingerprint density at radius 1 is 0.952 bits per heavy atom. The Morgan fingerprint density at radius 3 is 2.24 bits per heavy atom. The summed E-state index contributed by atoms with van der Waals surface area (Å²) < 4.78 is 0. The normalized spacial score (nSPS) is 12.7. The Kier molecular flexibility index (Phi) is 4.62. The van der Waals surface area contributed by atoms with Crippen molar-refractivity contribution in [3.05, 3.63) is 90.3 Å². The zero-order valence-electron chi connectivity index (χ0n) is 12.2. The van der Waals surface area contributed by atoms with Crippen LogP contribution in [0.2, 0.25) is 0 Å². The second kappa shape index (κ2) is 6.62. The van der Waals surface area contributed by atoms with Crippen LogP contribution in [0.15, 0.2) is 84.7 Å². The summed E-state index contributed by atoms with van der Waals surface area (Å²) in [7, 11) is 0.